The molecule has 3 aromatic rings. The van der Waals surface area contributed by atoms with Crippen molar-refractivity contribution in [2.45, 2.75) is 45.3 Å². The predicted octanol–water partition coefficient (Wildman–Crippen LogP) is 4.36. The maximum absolute atomic E-state index is 13.2. The molecule has 0 saturated heterocycles. The summed E-state index contributed by atoms with van der Waals surface area (Å²) in [5.41, 5.74) is 3.97. The Balaban J connectivity index is 1.42. The fourth-order valence-corrected chi connectivity index (χ4v) is 6.24. The van der Waals surface area contributed by atoms with Gasteiger partial charge in [-0.15, -0.1) is 11.3 Å². The van der Waals surface area contributed by atoms with Crippen LogP contribution in [0.3, 0.4) is 0 Å². The number of amides is 1. The predicted molar refractivity (Wildman–Crippen MR) is 139 cm³/mol. The molecule has 35 heavy (non-hydrogen) atoms. The highest BCUT2D eigenvalue weighted by Crippen LogP contribution is 2.42. The van der Waals surface area contributed by atoms with E-state index in [0.717, 1.165) is 57.9 Å². The number of hydrogen-bond donors (Lipinski definition) is 1. The van der Waals surface area contributed by atoms with Crippen LogP contribution in [-0.2, 0) is 28.9 Å². The molecule has 0 saturated carbocycles. The highest BCUT2D eigenvalue weighted by Gasteiger charge is 2.32. The zero-order chi connectivity index (χ0) is 24.7. The molecule has 9 heteroatoms. The smallest absolute Gasteiger partial charge is 0.225 e. The van der Waals surface area contributed by atoms with Crippen LogP contribution in [0.15, 0.2) is 23.5 Å². The maximum Gasteiger partial charge on any atom is 0.225 e. The molecule has 1 N–H and O–H groups in total. The first-order valence-corrected chi connectivity index (χ1v) is 12.6. The Bertz CT molecular complexity index is 1320. The number of hydrogen-bond acceptors (Lipinski definition) is 8. The second-order valence-corrected chi connectivity index (χ2v) is 10.9. The maximum atomic E-state index is 13.2. The second kappa shape index (κ2) is 9.20. The number of nitrogens with zero attached hydrogens (tertiary/aromatic N) is 4. The lowest BCUT2D eigenvalue weighted by Crippen LogP contribution is -2.44. The molecule has 1 aromatic carbocycles. The van der Waals surface area contributed by atoms with Crippen LogP contribution in [0.5, 0.6) is 5.75 Å². The molecule has 184 valence electrons. The van der Waals surface area contributed by atoms with Gasteiger partial charge in [0.15, 0.2) is 0 Å². The fraction of sp³-hybridized carbons (Fsp3) is 0.462. The van der Waals surface area contributed by atoms with Gasteiger partial charge in [-0.1, -0.05) is 0 Å². The van der Waals surface area contributed by atoms with E-state index in [9.17, 15) is 4.79 Å². The highest BCUT2D eigenvalue weighted by molar-refractivity contribution is 7.19. The molecule has 0 spiro atoms. The Morgan fingerprint density at radius 1 is 1.29 bits per heavy atom. The molecule has 0 bridgehead atoms. The Labute approximate surface area is 209 Å². The van der Waals surface area contributed by atoms with E-state index in [2.05, 4.69) is 26.3 Å². The Kier molecular flexibility index (Phi) is 6.23. The van der Waals surface area contributed by atoms with E-state index in [1.807, 2.05) is 38.1 Å². The van der Waals surface area contributed by atoms with Gasteiger partial charge < -0.3 is 19.7 Å². The molecule has 0 radical (unpaired) electrons. The van der Waals surface area contributed by atoms with Crippen LogP contribution in [0, 0.1) is 5.92 Å². The third kappa shape index (κ3) is 4.50. The highest BCUT2D eigenvalue weighted by atomic mass is 32.1. The molecule has 1 atom stereocenters. The minimum Gasteiger partial charge on any atom is -0.495 e. The van der Waals surface area contributed by atoms with Gasteiger partial charge in [-0.3, -0.25) is 9.79 Å². The number of aliphatic imine (C=N–C) groups is 1. The lowest BCUT2D eigenvalue weighted by molar-refractivity contribution is -0.137. The van der Waals surface area contributed by atoms with Gasteiger partial charge in [0.25, 0.3) is 0 Å². The number of ether oxygens (including phenoxy) is 2. The molecule has 1 aliphatic carbocycles. The molecule has 0 unspecified atom stereocenters. The number of carbonyl (C=O) groups is 1. The minimum atomic E-state index is -0.373. The first-order chi connectivity index (χ1) is 16.8. The summed E-state index contributed by atoms with van der Waals surface area (Å²) >= 11 is 1.67. The van der Waals surface area contributed by atoms with Gasteiger partial charge in [-0.25, -0.2) is 9.97 Å². The normalized spacial score (nSPS) is 16.8. The van der Waals surface area contributed by atoms with Crippen LogP contribution in [0.25, 0.3) is 10.2 Å². The van der Waals surface area contributed by atoms with Gasteiger partial charge in [-0.2, -0.15) is 0 Å². The molecule has 3 heterocycles. The first kappa shape index (κ1) is 23.7. The van der Waals surface area contributed by atoms with Crippen LogP contribution in [0.2, 0.25) is 0 Å². The fourth-order valence-electron chi connectivity index (χ4n) is 4.97. The molecule has 0 fully saturated rings. The van der Waals surface area contributed by atoms with Crippen molar-refractivity contribution in [3.05, 3.63) is 40.0 Å². The quantitative estimate of drug-likeness (QED) is 0.526. The summed E-state index contributed by atoms with van der Waals surface area (Å²) in [5.74, 6) is 1.67. The molecular weight excluding hydrogens is 462 g/mol. The summed E-state index contributed by atoms with van der Waals surface area (Å²) in [4.78, 5) is 30.7. The first-order valence-electron chi connectivity index (χ1n) is 11.8. The van der Waals surface area contributed by atoms with Crippen LogP contribution in [0.4, 0.5) is 11.5 Å². The van der Waals surface area contributed by atoms with Crippen LogP contribution < -0.4 is 10.1 Å². The monoisotopic (exact) mass is 493 g/mol. The third-order valence-electron chi connectivity index (χ3n) is 6.95. The number of benzene rings is 1. The van der Waals surface area contributed by atoms with Gasteiger partial charge in [0.2, 0.25) is 5.91 Å². The van der Waals surface area contributed by atoms with E-state index in [0.29, 0.717) is 13.1 Å². The Morgan fingerprint density at radius 2 is 2.11 bits per heavy atom. The molecule has 5 rings (SSSR count). The summed E-state index contributed by atoms with van der Waals surface area (Å²) in [7, 11) is 5.22. The standard InChI is InChI=1S/C26H31N5O3S/c1-26(2,34-5)13-31(3)25(32)15-6-7-18-21(10-15)35-24-22(18)23(28-14-29-24)30-19-8-16-11-27-12-17(16)9-20(19)33-4/h8-9,11,14-15H,6-7,10,12-13H2,1-5H3,(H,28,29,30)/t15-/m0/s1. The second-order valence-electron chi connectivity index (χ2n) is 9.85. The van der Waals surface area contributed by atoms with Gasteiger partial charge in [-0.05, 0) is 61.9 Å². The topological polar surface area (TPSA) is 88.9 Å². The molecule has 2 aliphatic rings. The summed E-state index contributed by atoms with van der Waals surface area (Å²) in [5, 5.41) is 4.54. The van der Waals surface area contributed by atoms with E-state index < -0.39 is 0 Å². The molecule has 2 aromatic heterocycles. The number of aromatic nitrogens is 2. The van der Waals surface area contributed by atoms with Crippen molar-refractivity contribution in [3.63, 3.8) is 0 Å². The van der Waals surface area contributed by atoms with E-state index in [-0.39, 0.29) is 17.4 Å². The van der Waals surface area contributed by atoms with E-state index >= 15 is 0 Å². The van der Waals surface area contributed by atoms with E-state index in [1.54, 1.807) is 31.9 Å². The van der Waals surface area contributed by atoms with Crippen molar-refractivity contribution < 1.29 is 14.3 Å². The van der Waals surface area contributed by atoms with Crippen LogP contribution in [0.1, 0.15) is 41.8 Å². The number of rotatable bonds is 7. The van der Waals surface area contributed by atoms with Crippen molar-refractivity contribution in [2.24, 2.45) is 10.9 Å². The number of carbonyl (C=O) groups excluding carboxylic acids is 1. The van der Waals surface area contributed by atoms with Crippen molar-refractivity contribution in [1.29, 1.82) is 0 Å². The third-order valence-corrected chi connectivity index (χ3v) is 8.11. The molecule has 1 amide bonds. The number of thiophene rings is 1. The van der Waals surface area contributed by atoms with Crippen molar-refractivity contribution >= 4 is 45.2 Å². The Morgan fingerprint density at radius 3 is 2.89 bits per heavy atom. The van der Waals surface area contributed by atoms with Gasteiger partial charge in [0.05, 0.1) is 30.3 Å². The van der Waals surface area contributed by atoms with Gasteiger partial charge in [0, 0.05) is 37.7 Å². The number of methoxy groups -OCH3 is 2. The lowest BCUT2D eigenvalue weighted by Gasteiger charge is -2.32. The van der Waals surface area contributed by atoms with E-state index in [1.165, 1.54) is 10.4 Å². The van der Waals surface area contributed by atoms with Gasteiger partial charge in [0.1, 0.15) is 22.7 Å². The zero-order valence-electron chi connectivity index (χ0n) is 20.8. The Hall–Kier alpha value is -3.04. The van der Waals surface area contributed by atoms with Crippen molar-refractivity contribution in [3.8, 4) is 5.75 Å². The summed E-state index contributed by atoms with van der Waals surface area (Å²) < 4.78 is 11.2. The zero-order valence-corrected chi connectivity index (χ0v) is 21.7. The number of fused-ring (bicyclic) bond motifs is 4. The van der Waals surface area contributed by atoms with Crippen molar-refractivity contribution in [2.75, 3.05) is 33.1 Å². The van der Waals surface area contributed by atoms with Crippen LogP contribution in [-0.4, -0.2) is 60.4 Å². The lowest BCUT2D eigenvalue weighted by atomic mass is 9.86. The summed E-state index contributed by atoms with van der Waals surface area (Å²) in [6, 6.07) is 4.09. The summed E-state index contributed by atoms with van der Waals surface area (Å²) in [6.45, 7) is 5.24. The average Bonchev–Trinajstić information content (AvgIpc) is 3.46. The number of anilines is 2. The number of likely N-dealkylation sites (N-methyl/N-ethyl adjacent to an activating group) is 1. The SMILES string of the molecule is COc1cc2c(cc1Nc1ncnc3sc4c(c13)CC[C@H](C(=O)N(C)CC(C)(C)OC)C4)C=NC2. The van der Waals surface area contributed by atoms with E-state index in [4.69, 9.17) is 9.47 Å². The molecule has 1 aliphatic heterocycles. The van der Waals surface area contributed by atoms with Crippen LogP contribution >= 0.6 is 11.3 Å². The number of aryl methyl sites for hydroxylation is 1. The average molecular weight is 494 g/mol. The molecular formula is C26H31N5O3S. The largest absolute Gasteiger partial charge is 0.495 e. The molecule has 8 nitrogen and oxygen atoms in total. The minimum absolute atomic E-state index is 0.0336. The van der Waals surface area contributed by atoms with Crippen molar-refractivity contribution in [1.82, 2.24) is 14.9 Å². The summed E-state index contributed by atoms with van der Waals surface area (Å²) in [6.07, 6.45) is 5.84. The van der Waals surface area contributed by atoms with Gasteiger partial charge >= 0.3 is 0 Å². The number of nitrogens with one attached hydrogen (secondary N) is 1.